The summed E-state index contributed by atoms with van der Waals surface area (Å²) in [5.74, 6) is 0.725. The molecule has 1 aliphatic rings. The first-order valence-corrected chi connectivity index (χ1v) is 8.32. The lowest BCUT2D eigenvalue weighted by Crippen LogP contribution is -2.39. The number of aryl methyl sites for hydroxylation is 2. The van der Waals surface area contributed by atoms with Crippen LogP contribution in [0.3, 0.4) is 0 Å². The largest absolute Gasteiger partial charge is 0.416 e. The Labute approximate surface area is 149 Å². The Bertz CT molecular complexity index is 802. The SMILES string of the molecule is Cc1cc(C(F)(F)F)ccc1CNC(=O)N1CCC[C@H]1c1nncn1C. The van der Waals surface area contributed by atoms with Crippen LogP contribution in [-0.2, 0) is 19.8 Å². The molecule has 0 aliphatic carbocycles. The third-order valence-electron chi connectivity index (χ3n) is 4.66. The fraction of sp³-hybridized carbons (Fsp3) is 0.471. The van der Waals surface area contributed by atoms with E-state index < -0.39 is 11.7 Å². The van der Waals surface area contributed by atoms with Crippen LogP contribution in [0.25, 0.3) is 0 Å². The Morgan fingerprint density at radius 2 is 2.15 bits per heavy atom. The zero-order valence-electron chi connectivity index (χ0n) is 14.5. The second-order valence-corrected chi connectivity index (χ2v) is 6.45. The maximum absolute atomic E-state index is 12.7. The molecule has 0 radical (unpaired) electrons. The topological polar surface area (TPSA) is 63.1 Å². The number of hydrogen-bond donors (Lipinski definition) is 1. The van der Waals surface area contributed by atoms with E-state index in [-0.39, 0.29) is 18.6 Å². The lowest BCUT2D eigenvalue weighted by atomic mass is 10.0. The maximum atomic E-state index is 12.7. The number of carbonyl (C=O) groups excluding carboxylic acids is 1. The Hall–Kier alpha value is -2.58. The van der Waals surface area contributed by atoms with Gasteiger partial charge in [0.05, 0.1) is 11.6 Å². The molecule has 1 aromatic carbocycles. The van der Waals surface area contributed by atoms with Crippen LogP contribution in [0.2, 0.25) is 0 Å². The number of aromatic nitrogens is 3. The summed E-state index contributed by atoms with van der Waals surface area (Å²) < 4.78 is 40.0. The number of urea groups is 1. The monoisotopic (exact) mass is 367 g/mol. The van der Waals surface area contributed by atoms with Gasteiger partial charge in [0.25, 0.3) is 0 Å². The fourth-order valence-corrected chi connectivity index (χ4v) is 3.21. The van der Waals surface area contributed by atoms with Crippen molar-refractivity contribution in [3.8, 4) is 0 Å². The lowest BCUT2D eigenvalue weighted by Gasteiger charge is -2.24. The van der Waals surface area contributed by atoms with Crippen LogP contribution in [0.4, 0.5) is 18.0 Å². The highest BCUT2D eigenvalue weighted by molar-refractivity contribution is 5.75. The van der Waals surface area contributed by atoms with Crippen molar-refractivity contribution in [3.63, 3.8) is 0 Å². The first kappa shape index (κ1) is 18.2. The molecular weight excluding hydrogens is 347 g/mol. The summed E-state index contributed by atoms with van der Waals surface area (Å²) in [5.41, 5.74) is 0.458. The Morgan fingerprint density at radius 1 is 1.38 bits per heavy atom. The number of halogens is 3. The van der Waals surface area contributed by atoms with Gasteiger partial charge in [-0.15, -0.1) is 10.2 Å². The van der Waals surface area contributed by atoms with Gasteiger partial charge >= 0.3 is 12.2 Å². The summed E-state index contributed by atoms with van der Waals surface area (Å²) in [6.45, 7) is 2.38. The molecule has 1 atom stereocenters. The first-order valence-electron chi connectivity index (χ1n) is 8.32. The van der Waals surface area contributed by atoms with Crippen molar-refractivity contribution >= 4 is 6.03 Å². The van der Waals surface area contributed by atoms with E-state index in [2.05, 4.69) is 15.5 Å². The number of benzene rings is 1. The molecule has 1 saturated heterocycles. The van der Waals surface area contributed by atoms with Crippen LogP contribution in [0.1, 0.15) is 41.4 Å². The molecule has 140 valence electrons. The van der Waals surface area contributed by atoms with Crippen LogP contribution in [0, 0.1) is 6.92 Å². The molecule has 1 fully saturated rings. The van der Waals surface area contributed by atoms with Crippen LogP contribution in [0.5, 0.6) is 0 Å². The Kier molecular flexibility index (Phi) is 4.88. The van der Waals surface area contributed by atoms with E-state index >= 15 is 0 Å². The van der Waals surface area contributed by atoms with Crippen molar-refractivity contribution in [1.29, 1.82) is 0 Å². The molecule has 0 spiro atoms. The molecule has 9 heteroatoms. The molecular formula is C17H20F3N5O. The molecule has 0 unspecified atom stereocenters. The highest BCUT2D eigenvalue weighted by Crippen LogP contribution is 2.31. The number of alkyl halides is 3. The maximum Gasteiger partial charge on any atom is 0.416 e. The van der Waals surface area contributed by atoms with Gasteiger partial charge in [0, 0.05) is 20.1 Å². The van der Waals surface area contributed by atoms with Crippen molar-refractivity contribution in [1.82, 2.24) is 25.0 Å². The normalized spacial score (nSPS) is 17.6. The average molecular weight is 367 g/mol. The zero-order chi connectivity index (χ0) is 18.9. The lowest BCUT2D eigenvalue weighted by molar-refractivity contribution is -0.137. The van der Waals surface area contributed by atoms with Crippen molar-refractivity contribution in [2.75, 3.05) is 6.54 Å². The molecule has 0 bridgehead atoms. The summed E-state index contributed by atoms with van der Waals surface area (Å²) in [7, 11) is 1.83. The summed E-state index contributed by atoms with van der Waals surface area (Å²) in [5, 5.41) is 10.7. The summed E-state index contributed by atoms with van der Waals surface area (Å²) in [4.78, 5) is 14.2. The summed E-state index contributed by atoms with van der Waals surface area (Å²) >= 11 is 0. The van der Waals surface area contributed by atoms with Gasteiger partial charge in [-0.05, 0) is 43.0 Å². The third-order valence-corrected chi connectivity index (χ3v) is 4.66. The molecule has 0 saturated carbocycles. The predicted octanol–water partition coefficient (Wildman–Crippen LogP) is 3.19. The number of carbonyl (C=O) groups is 1. The summed E-state index contributed by atoms with van der Waals surface area (Å²) in [6.07, 6.45) is -1.11. The van der Waals surface area contributed by atoms with Gasteiger partial charge in [-0.2, -0.15) is 13.2 Å². The first-order chi connectivity index (χ1) is 12.3. The molecule has 2 aromatic rings. The molecule has 1 aromatic heterocycles. The zero-order valence-corrected chi connectivity index (χ0v) is 14.5. The standard InChI is InChI=1S/C17H20F3N5O/c1-11-8-13(17(18,19)20)6-5-12(11)9-21-16(26)25-7-3-4-14(25)15-23-22-10-24(15)2/h5-6,8,10,14H,3-4,7,9H2,1-2H3,(H,21,26)/t14-/m0/s1. The highest BCUT2D eigenvalue weighted by atomic mass is 19.4. The Morgan fingerprint density at radius 3 is 2.77 bits per heavy atom. The molecule has 1 N–H and O–H groups in total. The van der Waals surface area contributed by atoms with E-state index in [4.69, 9.17) is 0 Å². The molecule has 6 nitrogen and oxygen atoms in total. The minimum absolute atomic E-state index is 0.142. The number of hydrogen-bond acceptors (Lipinski definition) is 3. The number of likely N-dealkylation sites (tertiary alicyclic amines) is 1. The second kappa shape index (κ2) is 6.97. The van der Waals surface area contributed by atoms with E-state index in [9.17, 15) is 18.0 Å². The van der Waals surface area contributed by atoms with Gasteiger partial charge in [0.1, 0.15) is 6.33 Å². The van der Waals surface area contributed by atoms with Crippen LogP contribution in [0.15, 0.2) is 24.5 Å². The van der Waals surface area contributed by atoms with Crippen molar-refractivity contribution in [2.45, 2.75) is 38.5 Å². The van der Waals surface area contributed by atoms with E-state index in [1.165, 1.54) is 6.07 Å². The van der Waals surface area contributed by atoms with Gasteiger partial charge in [0.15, 0.2) is 5.82 Å². The smallest absolute Gasteiger partial charge is 0.334 e. The van der Waals surface area contributed by atoms with Gasteiger partial charge in [-0.3, -0.25) is 0 Å². The second-order valence-electron chi connectivity index (χ2n) is 6.45. The van der Waals surface area contributed by atoms with Crippen molar-refractivity contribution < 1.29 is 18.0 Å². The molecule has 2 amide bonds. The highest BCUT2D eigenvalue weighted by Gasteiger charge is 2.33. The third kappa shape index (κ3) is 3.66. The molecule has 2 heterocycles. The van der Waals surface area contributed by atoms with Gasteiger partial charge < -0.3 is 14.8 Å². The Balaban J connectivity index is 1.66. The summed E-state index contributed by atoms with van der Waals surface area (Å²) in [6, 6.07) is 3.14. The van der Waals surface area contributed by atoms with Gasteiger partial charge in [-0.25, -0.2) is 4.79 Å². The van der Waals surface area contributed by atoms with Gasteiger partial charge in [0.2, 0.25) is 0 Å². The van der Waals surface area contributed by atoms with Crippen molar-refractivity contribution in [2.24, 2.45) is 7.05 Å². The number of rotatable bonds is 3. The minimum atomic E-state index is -4.37. The van der Waals surface area contributed by atoms with Crippen LogP contribution >= 0.6 is 0 Å². The average Bonchev–Trinajstić information content (AvgIpc) is 3.20. The molecule has 1 aliphatic heterocycles. The van der Waals surface area contributed by atoms with E-state index in [0.29, 0.717) is 17.7 Å². The molecule has 3 rings (SSSR count). The van der Waals surface area contributed by atoms with Crippen molar-refractivity contribution in [3.05, 3.63) is 47.0 Å². The van der Waals surface area contributed by atoms with E-state index in [0.717, 1.165) is 30.8 Å². The van der Waals surface area contributed by atoms with E-state index in [1.54, 1.807) is 22.7 Å². The van der Waals surface area contributed by atoms with E-state index in [1.807, 2.05) is 7.05 Å². The minimum Gasteiger partial charge on any atom is -0.334 e. The fourth-order valence-electron chi connectivity index (χ4n) is 3.21. The number of nitrogens with one attached hydrogen (secondary N) is 1. The molecule has 26 heavy (non-hydrogen) atoms. The van der Waals surface area contributed by atoms with Gasteiger partial charge in [-0.1, -0.05) is 6.07 Å². The quantitative estimate of drug-likeness (QED) is 0.906. The number of amides is 2. The number of nitrogens with zero attached hydrogens (tertiary/aromatic N) is 4. The van der Waals surface area contributed by atoms with Crippen LogP contribution < -0.4 is 5.32 Å². The van der Waals surface area contributed by atoms with Crippen LogP contribution in [-0.4, -0.2) is 32.2 Å². The predicted molar refractivity (Wildman–Crippen MR) is 88.1 cm³/mol.